The molecule has 1 N–H and O–H groups in total. The molecule has 4 aromatic rings. The lowest BCUT2D eigenvalue weighted by Gasteiger charge is -2.12. The van der Waals surface area contributed by atoms with E-state index in [4.69, 9.17) is 9.15 Å². The molecule has 1 amide bonds. The Morgan fingerprint density at radius 2 is 1.68 bits per heavy atom. The number of ether oxygens (including phenoxy) is 1. The van der Waals surface area contributed by atoms with Crippen molar-refractivity contribution < 1.29 is 18.9 Å². The molecule has 3 aromatic carbocycles. The molecule has 4 rings (SSSR count). The van der Waals surface area contributed by atoms with E-state index in [1.54, 1.807) is 48.5 Å². The Balaban J connectivity index is 1.88. The van der Waals surface area contributed by atoms with Crippen LogP contribution in [0.25, 0.3) is 21.9 Å². The van der Waals surface area contributed by atoms with Crippen molar-refractivity contribution in [1.29, 1.82) is 0 Å². The van der Waals surface area contributed by atoms with Crippen LogP contribution in [0.5, 0.6) is 5.75 Å². The Hall–Kier alpha value is -4.46. The second-order valence-corrected chi connectivity index (χ2v) is 6.60. The van der Waals surface area contributed by atoms with Crippen LogP contribution < -0.4 is 15.7 Å². The molecule has 154 valence electrons. The minimum absolute atomic E-state index is 0.0504. The maximum Gasteiger partial charge on any atom is 0.344 e. The van der Waals surface area contributed by atoms with Gasteiger partial charge in [0.1, 0.15) is 11.4 Å². The molecule has 1 aromatic heterocycles. The fourth-order valence-corrected chi connectivity index (χ4v) is 3.33. The zero-order chi connectivity index (χ0) is 22.0. The van der Waals surface area contributed by atoms with Gasteiger partial charge in [-0.3, -0.25) is 14.9 Å². The summed E-state index contributed by atoms with van der Waals surface area (Å²) < 4.78 is 10.4. The molecular weight excluding hydrogens is 400 g/mol. The summed E-state index contributed by atoms with van der Waals surface area (Å²) in [4.78, 5) is 36.5. The second-order valence-electron chi connectivity index (χ2n) is 6.60. The van der Waals surface area contributed by atoms with Crippen molar-refractivity contribution in [3.05, 3.63) is 99.1 Å². The summed E-state index contributed by atoms with van der Waals surface area (Å²) >= 11 is 0. The van der Waals surface area contributed by atoms with E-state index in [1.165, 1.54) is 25.3 Å². The van der Waals surface area contributed by atoms with Gasteiger partial charge in [-0.15, -0.1) is 0 Å². The van der Waals surface area contributed by atoms with Crippen LogP contribution in [-0.4, -0.2) is 17.9 Å². The number of fused-ring (bicyclic) bond motifs is 1. The van der Waals surface area contributed by atoms with Crippen molar-refractivity contribution in [3.8, 4) is 16.9 Å². The number of rotatable bonds is 5. The van der Waals surface area contributed by atoms with Gasteiger partial charge in [0, 0.05) is 10.9 Å². The Labute approximate surface area is 175 Å². The molecule has 0 aliphatic carbocycles. The maximum atomic E-state index is 13.1. The Bertz CT molecular complexity index is 1360. The predicted octanol–water partition coefficient (Wildman–Crippen LogP) is 4.63. The van der Waals surface area contributed by atoms with E-state index in [2.05, 4.69) is 5.32 Å². The number of hydrogen-bond donors (Lipinski definition) is 1. The summed E-state index contributed by atoms with van der Waals surface area (Å²) in [5.74, 6) is -0.748. The average Bonchev–Trinajstić information content (AvgIpc) is 2.79. The highest BCUT2D eigenvalue weighted by molar-refractivity contribution is 6.12. The van der Waals surface area contributed by atoms with Crippen LogP contribution in [-0.2, 0) is 0 Å². The molecule has 8 nitrogen and oxygen atoms in total. The lowest BCUT2D eigenvalue weighted by Crippen LogP contribution is -2.17. The molecule has 0 saturated heterocycles. The summed E-state index contributed by atoms with van der Waals surface area (Å²) in [5, 5.41) is 14.8. The van der Waals surface area contributed by atoms with Crippen LogP contribution in [0.15, 0.2) is 82.0 Å². The normalized spacial score (nSPS) is 10.6. The lowest BCUT2D eigenvalue weighted by atomic mass is 9.98. The van der Waals surface area contributed by atoms with E-state index in [0.29, 0.717) is 21.9 Å². The van der Waals surface area contributed by atoms with Gasteiger partial charge in [-0.1, -0.05) is 48.5 Å². The first-order valence-corrected chi connectivity index (χ1v) is 9.24. The van der Waals surface area contributed by atoms with Crippen LogP contribution in [0.4, 0.5) is 11.4 Å². The quantitative estimate of drug-likeness (QED) is 0.375. The van der Waals surface area contributed by atoms with Crippen molar-refractivity contribution >= 4 is 28.1 Å². The topological polar surface area (TPSA) is 112 Å². The lowest BCUT2D eigenvalue weighted by molar-refractivity contribution is -0.384. The number of hydrogen-bond acceptors (Lipinski definition) is 6. The number of benzene rings is 3. The van der Waals surface area contributed by atoms with Crippen molar-refractivity contribution in [1.82, 2.24) is 0 Å². The molecule has 0 saturated carbocycles. The van der Waals surface area contributed by atoms with Crippen molar-refractivity contribution in [2.45, 2.75) is 0 Å². The van der Waals surface area contributed by atoms with E-state index >= 15 is 0 Å². The van der Waals surface area contributed by atoms with Gasteiger partial charge in [-0.2, -0.15) is 0 Å². The van der Waals surface area contributed by atoms with Crippen molar-refractivity contribution in [2.75, 3.05) is 12.4 Å². The second kappa shape index (κ2) is 8.11. The zero-order valence-corrected chi connectivity index (χ0v) is 16.3. The van der Waals surface area contributed by atoms with Gasteiger partial charge in [0.2, 0.25) is 5.76 Å². The number of anilines is 1. The van der Waals surface area contributed by atoms with E-state index in [9.17, 15) is 19.7 Å². The predicted molar refractivity (Wildman–Crippen MR) is 116 cm³/mol. The monoisotopic (exact) mass is 416 g/mol. The van der Waals surface area contributed by atoms with Gasteiger partial charge in [0.25, 0.3) is 11.6 Å². The number of amides is 1. The number of nitro benzene ring substituents is 1. The third-order valence-electron chi connectivity index (χ3n) is 4.76. The van der Waals surface area contributed by atoms with E-state index < -0.39 is 16.5 Å². The fraction of sp³-hybridized carbons (Fsp3) is 0.0435. The molecule has 0 spiro atoms. The maximum absolute atomic E-state index is 13.1. The van der Waals surface area contributed by atoms with E-state index in [0.717, 1.165) is 0 Å². The van der Waals surface area contributed by atoms with Gasteiger partial charge in [-0.05, 0) is 23.8 Å². The molecule has 0 radical (unpaired) electrons. The van der Waals surface area contributed by atoms with Crippen LogP contribution >= 0.6 is 0 Å². The average molecular weight is 416 g/mol. The first-order valence-electron chi connectivity index (χ1n) is 9.24. The number of carbonyl (C=O) groups excluding carboxylic acids is 1. The van der Waals surface area contributed by atoms with Gasteiger partial charge in [0.15, 0.2) is 0 Å². The number of nitrogens with zero attached hydrogens (tertiary/aromatic N) is 1. The number of nitro groups is 1. The Kier molecular flexibility index (Phi) is 5.19. The molecular formula is C23H16N2O6. The van der Waals surface area contributed by atoms with Crippen molar-refractivity contribution in [2.24, 2.45) is 0 Å². The minimum atomic E-state index is -0.782. The van der Waals surface area contributed by atoms with Crippen LogP contribution in [0.1, 0.15) is 10.6 Å². The molecule has 8 heteroatoms. The summed E-state index contributed by atoms with van der Waals surface area (Å²) in [6.45, 7) is 0. The molecule has 0 aliphatic rings. The van der Waals surface area contributed by atoms with E-state index in [-0.39, 0.29) is 22.9 Å². The van der Waals surface area contributed by atoms with Crippen LogP contribution in [0, 0.1) is 10.1 Å². The van der Waals surface area contributed by atoms with Gasteiger partial charge < -0.3 is 14.5 Å². The number of nitrogens with one attached hydrogen (secondary N) is 1. The number of carbonyl (C=O) groups is 1. The fourth-order valence-electron chi connectivity index (χ4n) is 3.33. The smallest absolute Gasteiger partial charge is 0.344 e. The van der Waals surface area contributed by atoms with Crippen LogP contribution in [0.3, 0.4) is 0 Å². The van der Waals surface area contributed by atoms with Crippen LogP contribution in [0.2, 0.25) is 0 Å². The molecule has 0 bridgehead atoms. The highest BCUT2D eigenvalue weighted by Gasteiger charge is 2.24. The highest BCUT2D eigenvalue weighted by atomic mass is 16.6. The summed E-state index contributed by atoms with van der Waals surface area (Å²) in [7, 11) is 1.38. The largest absolute Gasteiger partial charge is 0.496 e. The van der Waals surface area contributed by atoms with Crippen molar-refractivity contribution in [3.63, 3.8) is 0 Å². The first-order chi connectivity index (χ1) is 15.0. The third kappa shape index (κ3) is 3.74. The molecule has 0 atom stereocenters. The minimum Gasteiger partial charge on any atom is -0.496 e. The summed E-state index contributed by atoms with van der Waals surface area (Å²) in [5.41, 5.74) is 0.00803. The van der Waals surface area contributed by atoms with Gasteiger partial charge >= 0.3 is 5.63 Å². The first kappa shape index (κ1) is 19.8. The summed E-state index contributed by atoms with van der Waals surface area (Å²) in [6.07, 6.45) is 0. The zero-order valence-electron chi connectivity index (χ0n) is 16.3. The van der Waals surface area contributed by atoms with E-state index in [1.807, 2.05) is 6.07 Å². The summed E-state index contributed by atoms with van der Waals surface area (Å²) in [6, 6.07) is 19.8. The number of methoxy groups -OCH3 is 1. The standard InChI is InChI=1S/C23H16N2O6/c1-30-15-11-12-18(19(13-15)25(28)29)24-22(26)21-20(14-7-3-2-4-8-14)16-9-5-6-10-17(16)23(27)31-21/h2-13H,1H3,(H,24,26). The molecule has 0 fully saturated rings. The SMILES string of the molecule is COc1ccc(NC(=O)c2oc(=O)c3ccccc3c2-c2ccccc2)c([N+](=O)[O-])c1. The Morgan fingerprint density at radius 3 is 2.35 bits per heavy atom. The molecule has 1 heterocycles. The molecule has 0 unspecified atom stereocenters. The van der Waals surface area contributed by atoms with Gasteiger partial charge in [-0.25, -0.2) is 4.79 Å². The molecule has 31 heavy (non-hydrogen) atoms. The third-order valence-corrected chi connectivity index (χ3v) is 4.76. The highest BCUT2D eigenvalue weighted by Crippen LogP contribution is 2.33. The molecule has 0 aliphatic heterocycles. The van der Waals surface area contributed by atoms with Gasteiger partial charge in [0.05, 0.1) is 23.5 Å². The Morgan fingerprint density at radius 1 is 1.00 bits per heavy atom.